The predicted molar refractivity (Wildman–Crippen MR) is 50.2 cm³/mol. The number of aryl methyl sites for hydroxylation is 1. The number of benzene rings is 1. The zero-order valence-corrected chi connectivity index (χ0v) is 8.56. The van der Waals surface area contributed by atoms with Gasteiger partial charge in [0.1, 0.15) is 5.82 Å². The van der Waals surface area contributed by atoms with E-state index in [9.17, 15) is 9.18 Å². The number of carboxylic acids is 1. The first-order valence-corrected chi connectivity index (χ1v) is 4.46. The summed E-state index contributed by atoms with van der Waals surface area (Å²) >= 11 is 3.18. The number of rotatable bonds is 2. The lowest BCUT2D eigenvalue weighted by molar-refractivity contribution is -0.136. The summed E-state index contributed by atoms with van der Waals surface area (Å²) in [4.78, 5) is 10.4. The zero-order valence-electron chi connectivity index (χ0n) is 6.97. The summed E-state index contributed by atoms with van der Waals surface area (Å²) in [6.45, 7) is 1.63. The summed E-state index contributed by atoms with van der Waals surface area (Å²) in [5.41, 5.74) is 0.955. The average molecular weight is 247 g/mol. The molecule has 0 unspecified atom stereocenters. The fourth-order valence-electron chi connectivity index (χ4n) is 0.986. The van der Waals surface area contributed by atoms with Crippen molar-refractivity contribution in [3.63, 3.8) is 0 Å². The molecule has 1 N–H and O–H groups in total. The van der Waals surface area contributed by atoms with E-state index in [0.29, 0.717) is 15.6 Å². The standard InChI is InChI=1S/C9H8BrFO2/c1-5-2-7(10)6(3-8(5)11)4-9(12)13/h2-3H,4H2,1H3,(H,12,13). The molecule has 0 spiro atoms. The van der Waals surface area contributed by atoms with E-state index < -0.39 is 5.97 Å². The van der Waals surface area contributed by atoms with E-state index >= 15 is 0 Å². The molecule has 0 radical (unpaired) electrons. The van der Waals surface area contributed by atoms with E-state index in [-0.39, 0.29) is 12.2 Å². The van der Waals surface area contributed by atoms with Gasteiger partial charge in [0.25, 0.3) is 0 Å². The number of halogens is 2. The Morgan fingerprint density at radius 1 is 1.62 bits per heavy atom. The maximum absolute atomic E-state index is 13.0. The third-order valence-corrected chi connectivity index (χ3v) is 2.41. The normalized spacial score (nSPS) is 10.1. The van der Waals surface area contributed by atoms with Gasteiger partial charge in [0, 0.05) is 4.47 Å². The van der Waals surface area contributed by atoms with Crippen molar-refractivity contribution < 1.29 is 14.3 Å². The van der Waals surface area contributed by atoms with Gasteiger partial charge in [-0.2, -0.15) is 0 Å². The van der Waals surface area contributed by atoms with Crippen LogP contribution in [0.3, 0.4) is 0 Å². The smallest absolute Gasteiger partial charge is 0.307 e. The average Bonchev–Trinajstić information content (AvgIpc) is 1.99. The quantitative estimate of drug-likeness (QED) is 0.871. The largest absolute Gasteiger partial charge is 0.481 e. The number of hydrogen-bond acceptors (Lipinski definition) is 1. The summed E-state index contributed by atoms with van der Waals surface area (Å²) in [6.07, 6.45) is -0.169. The van der Waals surface area contributed by atoms with Crippen LogP contribution in [-0.2, 0) is 11.2 Å². The molecule has 2 nitrogen and oxygen atoms in total. The molecule has 0 atom stereocenters. The van der Waals surface area contributed by atoms with Crippen molar-refractivity contribution in [3.05, 3.63) is 33.5 Å². The molecule has 0 bridgehead atoms. The van der Waals surface area contributed by atoms with Crippen LogP contribution in [0.25, 0.3) is 0 Å². The van der Waals surface area contributed by atoms with Gasteiger partial charge in [-0.1, -0.05) is 15.9 Å². The summed E-state index contributed by atoms with van der Waals surface area (Å²) < 4.78 is 13.6. The van der Waals surface area contributed by atoms with Crippen LogP contribution in [0.4, 0.5) is 4.39 Å². The van der Waals surface area contributed by atoms with E-state index in [1.54, 1.807) is 13.0 Å². The maximum Gasteiger partial charge on any atom is 0.307 e. The molecule has 0 heterocycles. The SMILES string of the molecule is Cc1cc(Br)c(CC(=O)O)cc1F. The second-order valence-electron chi connectivity index (χ2n) is 2.76. The first-order chi connectivity index (χ1) is 6.00. The summed E-state index contributed by atoms with van der Waals surface area (Å²) in [7, 11) is 0. The topological polar surface area (TPSA) is 37.3 Å². The molecule has 0 amide bonds. The molecule has 1 rings (SSSR count). The molecular formula is C9H8BrFO2. The van der Waals surface area contributed by atoms with Crippen molar-refractivity contribution in [1.29, 1.82) is 0 Å². The fourth-order valence-corrected chi connectivity index (χ4v) is 1.58. The van der Waals surface area contributed by atoms with Gasteiger partial charge in [0.2, 0.25) is 0 Å². The van der Waals surface area contributed by atoms with E-state index in [2.05, 4.69) is 15.9 Å². The Kier molecular flexibility index (Phi) is 3.03. The van der Waals surface area contributed by atoms with E-state index in [0.717, 1.165) is 0 Å². The minimum Gasteiger partial charge on any atom is -0.481 e. The molecule has 1 aromatic carbocycles. The van der Waals surface area contributed by atoms with Gasteiger partial charge in [0.15, 0.2) is 0 Å². The minimum atomic E-state index is -0.969. The Hall–Kier alpha value is -0.900. The first kappa shape index (κ1) is 10.2. The lowest BCUT2D eigenvalue weighted by Crippen LogP contribution is -2.01. The van der Waals surface area contributed by atoms with Crippen molar-refractivity contribution in [3.8, 4) is 0 Å². The summed E-state index contributed by atoms with van der Waals surface area (Å²) in [5, 5.41) is 8.51. The highest BCUT2D eigenvalue weighted by atomic mass is 79.9. The van der Waals surface area contributed by atoms with Crippen molar-refractivity contribution in [1.82, 2.24) is 0 Å². The van der Waals surface area contributed by atoms with Gasteiger partial charge in [-0.05, 0) is 30.2 Å². The van der Waals surface area contributed by atoms with Crippen LogP contribution in [-0.4, -0.2) is 11.1 Å². The van der Waals surface area contributed by atoms with Crippen molar-refractivity contribution in [2.24, 2.45) is 0 Å². The summed E-state index contributed by atoms with van der Waals surface area (Å²) in [6, 6.07) is 2.82. The molecule has 0 fully saturated rings. The van der Waals surface area contributed by atoms with Crippen LogP contribution >= 0.6 is 15.9 Å². The molecule has 4 heteroatoms. The second kappa shape index (κ2) is 3.87. The van der Waals surface area contributed by atoms with E-state index in [1.165, 1.54) is 6.07 Å². The summed E-state index contributed by atoms with van der Waals surface area (Å²) in [5.74, 6) is -1.34. The molecule has 70 valence electrons. The molecule has 0 saturated heterocycles. The van der Waals surface area contributed by atoms with Gasteiger partial charge in [0.05, 0.1) is 6.42 Å². The molecule has 0 saturated carbocycles. The Balaban J connectivity index is 3.08. The molecule has 0 aliphatic carbocycles. The molecule has 0 aliphatic rings. The van der Waals surface area contributed by atoms with Crippen LogP contribution in [0, 0.1) is 12.7 Å². The Morgan fingerprint density at radius 2 is 2.23 bits per heavy atom. The van der Waals surface area contributed by atoms with Crippen LogP contribution in [0.5, 0.6) is 0 Å². The first-order valence-electron chi connectivity index (χ1n) is 3.67. The van der Waals surface area contributed by atoms with Crippen LogP contribution in [0.2, 0.25) is 0 Å². The highest BCUT2D eigenvalue weighted by Gasteiger charge is 2.08. The van der Waals surface area contributed by atoms with Crippen LogP contribution < -0.4 is 0 Å². The second-order valence-corrected chi connectivity index (χ2v) is 3.62. The fraction of sp³-hybridized carbons (Fsp3) is 0.222. The maximum atomic E-state index is 13.0. The Labute approximate surface area is 83.5 Å². The molecule has 1 aromatic rings. The molecule has 0 aromatic heterocycles. The lowest BCUT2D eigenvalue weighted by atomic mass is 10.1. The Morgan fingerprint density at radius 3 is 2.77 bits per heavy atom. The molecule has 13 heavy (non-hydrogen) atoms. The highest BCUT2D eigenvalue weighted by Crippen LogP contribution is 2.21. The van der Waals surface area contributed by atoms with Gasteiger partial charge in [-0.3, -0.25) is 4.79 Å². The number of hydrogen-bond donors (Lipinski definition) is 1. The third-order valence-electron chi connectivity index (χ3n) is 1.67. The monoisotopic (exact) mass is 246 g/mol. The van der Waals surface area contributed by atoms with E-state index in [1.807, 2.05) is 0 Å². The molecular weight excluding hydrogens is 239 g/mol. The highest BCUT2D eigenvalue weighted by molar-refractivity contribution is 9.10. The third kappa shape index (κ3) is 2.52. The van der Waals surface area contributed by atoms with E-state index in [4.69, 9.17) is 5.11 Å². The van der Waals surface area contributed by atoms with Crippen molar-refractivity contribution in [2.45, 2.75) is 13.3 Å². The van der Waals surface area contributed by atoms with Gasteiger partial charge < -0.3 is 5.11 Å². The zero-order chi connectivity index (χ0) is 10.0. The minimum absolute atomic E-state index is 0.169. The van der Waals surface area contributed by atoms with Crippen LogP contribution in [0.15, 0.2) is 16.6 Å². The number of aliphatic carboxylic acids is 1. The van der Waals surface area contributed by atoms with Crippen molar-refractivity contribution >= 4 is 21.9 Å². The lowest BCUT2D eigenvalue weighted by Gasteiger charge is -2.03. The number of carbonyl (C=O) groups is 1. The van der Waals surface area contributed by atoms with Crippen LogP contribution in [0.1, 0.15) is 11.1 Å². The van der Waals surface area contributed by atoms with Gasteiger partial charge >= 0.3 is 5.97 Å². The van der Waals surface area contributed by atoms with Gasteiger partial charge in [-0.25, -0.2) is 4.39 Å². The Bertz CT molecular complexity index is 350. The number of carboxylic acid groups (broad SMARTS) is 1. The molecule has 0 aliphatic heterocycles. The van der Waals surface area contributed by atoms with Crippen molar-refractivity contribution in [2.75, 3.05) is 0 Å². The van der Waals surface area contributed by atoms with Gasteiger partial charge in [-0.15, -0.1) is 0 Å². The predicted octanol–water partition coefficient (Wildman–Crippen LogP) is 2.52.